The Morgan fingerprint density at radius 1 is 1.28 bits per heavy atom. The van der Waals surface area contributed by atoms with Crippen molar-refractivity contribution >= 4 is 5.91 Å². The first kappa shape index (κ1) is 18.5. The first-order valence-electron chi connectivity index (χ1n) is 8.32. The fourth-order valence-corrected chi connectivity index (χ4v) is 2.36. The maximum Gasteiger partial charge on any atom is 0.261 e. The molecule has 0 saturated carbocycles. The summed E-state index contributed by atoms with van der Waals surface area (Å²) in [4.78, 5) is 12.5. The van der Waals surface area contributed by atoms with Crippen molar-refractivity contribution in [3.63, 3.8) is 0 Å². The Morgan fingerprint density at radius 2 is 2.04 bits per heavy atom. The van der Waals surface area contributed by atoms with E-state index in [2.05, 4.69) is 5.32 Å². The summed E-state index contributed by atoms with van der Waals surface area (Å²) in [6.07, 6.45) is 1.59. The number of nitrogens with one attached hydrogen (secondary N) is 1. The number of rotatable bonds is 8. The van der Waals surface area contributed by atoms with Crippen LogP contribution in [0, 0.1) is 17.1 Å². The van der Waals surface area contributed by atoms with Crippen molar-refractivity contribution in [3.05, 3.63) is 65.5 Å². The fourth-order valence-electron chi connectivity index (χ4n) is 2.36. The molecule has 4 nitrogen and oxygen atoms in total. The third-order valence-corrected chi connectivity index (χ3v) is 3.76. The molecule has 0 spiro atoms. The van der Waals surface area contributed by atoms with Crippen LogP contribution in [-0.4, -0.2) is 12.0 Å². The van der Waals surface area contributed by atoms with Crippen LogP contribution < -0.4 is 10.1 Å². The maximum absolute atomic E-state index is 13.7. The number of hydrogen-bond donors (Lipinski definition) is 1. The molecule has 0 aliphatic rings. The molecule has 0 aromatic heterocycles. The second kappa shape index (κ2) is 9.43. The number of halogens is 1. The summed E-state index contributed by atoms with van der Waals surface area (Å²) in [6, 6.07) is 15.3. The van der Waals surface area contributed by atoms with Crippen molar-refractivity contribution in [2.45, 2.75) is 38.8 Å². The van der Waals surface area contributed by atoms with E-state index in [1.54, 1.807) is 6.07 Å². The molecule has 2 rings (SSSR count). The molecule has 2 aromatic carbocycles. The topological polar surface area (TPSA) is 62.1 Å². The third kappa shape index (κ3) is 5.61. The van der Waals surface area contributed by atoms with Crippen LogP contribution in [0.15, 0.2) is 48.5 Å². The number of unbranched alkanes of at least 4 members (excludes halogenated alkanes) is 1. The summed E-state index contributed by atoms with van der Waals surface area (Å²) in [5.74, 6) is -0.645. The Balaban J connectivity index is 2.03. The van der Waals surface area contributed by atoms with Gasteiger partial charge in [-0.25, -0.2) is 4.39 Å². The van der Waals surface area contributed by atoms with E-state index < -0.39 is 11.9 Å². The molecule has 0 saturated heterocycles. The molecule has 1 unspecified atom stereocenters. The van der Waals surface area contributed by atoms with Crippen molar-refractivity contribution in [1.29, 1.82) is 5.26 Å². The molecule has 2 aromatic rings. The summed E-state index contributed by atoms with van der Waals surface area (Å²) in [7, 11) is 0. The lowest BCUT2D eigenvalue weighted by molar-refractivity contribution is -0.128. The van der Waals surface area contributed by atoms with Gasteiger partial charge in [-0.2, -0.15) is 5.26 Å². The van der Waals surface area contributed by atoms with E-state index in [4.69, 9.17) is 10.00 Å². The van der Waals surface area contributed by atoms with Crippen molar-refractivity contribution in [3.8, 4) is 11.8 Å². The normalized spacial score (nSPS) is 11.4. The zero-order valence-electron chi connectivity index (χ0n) is 14.2. The van der Waals surface area contributed by atoms with Crippen LogP contribution in [0.4, 0.5) is 4.39 Å². The zero-order valence-corrected chi connectivity index (χ0v) is 14.2. The van der Waals surface area contributed by atoms with Crippen molar-refractivity contribution < 1.29 is 13.9 Å². The second-order valence-corrected chi connectivity index (χ2v) is 5.71. The molecule has 1 amide bonds. The Bertz CT molecular complexity index is 741. The molecule has 0 radical (unpaired) electrons. The van der Waals surface area contributed by atoms with Crippen LogP contribution in [0.3, 0.4) is 0 Å². The first-order valence-corrected chi connectivity index (χ1v) is 8.32. The lowest BCUT2D eigenvalue weighted by atomic mass is 10.1. The Hall–Kier alpha value is -2.87. The van der Waals surface area contributed by atoms with Crippen LogP contribution in [0.5, 0.6) is 5.75 Å². The van der Waals surface area contributed by atoms with E-state index in [1.165, 1.54) is 12.1 Å². The number of ether oxygens (including phenoxy) is 1. The van der Waals surface area contributed by atoms with E-state index in [0.717, 1.165) is 24.5 Å². The van der Waals surface area contributed by atoms with Crippen LogP contribution in [0.1, 0.15) is 37.3 Å². The molecule has 1 N–H and O–H groups in total. The monoisotopic (exact) mass is 340 g/mol. The van der Waals surface area contributed by atoms with Crippen LogP contribution in [-0.2, 0) is 11.3 Å². The van der Waals surface area contributed by atoms with Gasteiger partial charge >= 0.3 is 0 Å². The van der Waals surface area contributed by atoms with Gasteiger partial charge in [0.15, 0.2) is 6.10 Å². The summed E-state index contributed by atoms with van der Waals surface area (Å²) in [6.45, 7) is 2.44. The predicted octanol–water partition coefficient (Wildman–Crippen LogP) is 3.95. The third-order valence-electron chi connectivity index (χ3n) is 3.76. The molecule has 130 valence electrons. The number of nitriles is 1. The minimum atomic E-state index is -0.698. The Morgan fingerprint density at radius 3 is 2.68 bits per heavy atom. The van der Waals surface area contributed by atoms with Gasteiger partial charge in [0.2, 0.25) is 0 Å². The predicted molar refractivity (Wildman–Crippen MR) is 93.3 cm³/mol. The molecular formula is C20H21FN2O2. The molecule has 5 heteroatoms. The summed E-state index contributed by atoms with van der Waals surface area (Å²) in [5.41, 5.74) is 0.945. The van der Waals surface area contributed by atoms with Gasteiger partial charge in [-0.05, 0) is 30.5 Å². The van der Waals surface area contributed by atoms with E-state index in [0.29, 0.717) is 13.0 Å². The number of nitrogens with zero attached hydrogens (tertiary/aromatic N) is 1. The molecule has 0 aliphatic heterocycles. The molecule has 0 aliphatic carbocycles. The van der Waals surface area contributed by atoms with Gasteiger partial charge in [0.05, 0.1) is 5.56 Å². The first-order chi connectivity index (χ1) is 12.1. The fraction of sp³-hybridized carbons (Fsp3) is 0.300. The zero-order chi connectivity index (χ0) is 18.1. The lowest BCUT2D eigenvalue weighted by Gasteiger charge is -2.19. The minimum Gasteiger partial charge on any atom is -0.481 e. The molecule has 0 bridgehead atoms. The summed E-state index contributed by atoms with van der Waals surface area (Å²) >= 11 is 0. The average molecular weight is 340 g/mol. The minimum absolute atomic E-state index is 0.0500. The highest BCUT2D eigenvalue weighted by Gasteiger charge is 2.20. The highest BCUT2D eigenvalue weighted by atomic mass is 19.1. The van der Waals surface area contributed by atoms with E-state index in [1.807, 2.05) is 37.3 Å². The second-order valence-electron chi connectivity index (χ2n) is 5.71. The molecule has 1 atom stereocenters. The van der Waals surface area contributed by atoms with Gasteiger partial charge in [0.1, 0.15) is 17.6 Å². The van der Waals surface area contributed by atoms with E-state index in [9.17, 15) is 9.18 Å². The van der Waals surface area contributed by atoms with Crippen molar-refractivity contribution in [2.24, 2.45) is 0 Å². The number of hydrogen-bond acceptors (Lipinski definition) is 3. The van der Waals surface area contributed by atoms with E-state index in [-0.39, 0.29) is 17.2 Å². The highest BCUT2D eigenvalue weighted by Crippen LogP contribution is 2.19. The lowest BCUT2D eigenvalue weighted by Crippen LogP contribution is -2.38. The maximum atomic E-state index is 13.7. The molecule has 0 heterocycles. The van der Waals surface area contributed by atoms with Gasteiger partial charge in [0, 0.05) is 12.6 Å². The highest BCUT2D eigenvalue weighted by molar-refractivity contribution is 5.81. The number of benzene rings is 2. The van der Waals surface area contributed by atoms with E-state index >= 15 is 0 Å². The number of carbonyl (C=O) groups is 1. The quantitative estimate of drug-likeness (QED) is 0.791. The average Bonchev–Trinajstić information content (AvgIpc) is 2.64. The van der Waals surface area contributed by atoms with Crippen molar-refractivity contribution in [2.75, 3.05) is 0 Å². The summed E-state index contributed by atoms with van der Waals surface area (Å²) in [5, 5.41) is 11.6. The van der Waals surface area contributed by atoms with Crippen LogP contribution >= 0.6 is 0 Å². The van der Waals surface area contributed by atoms with Gasteiger partial charge in [-0.3, -0.25) is 4.79 Å². The van der Waals surface area contributed by atoms with Gasteiger partial charge in [-0.1, -0.05) is 43.7 Å². The SMILES string of the molecule is CCCCC(Oc1ccc(C#N)c(F)c1)C(=O)NCc1ccccc1. The van der Waals surface area contributed by atoms with Gasteiger partial charge in [-0.15, -0.1) is 0 Å². The molecule has 0 fully saturated rings. The van der Waals surface area contributed by atoms with Crippen molar-refractivity contribution in [1.82, 2.24) is 5.32 Å². The number of amides is 1. The Labute approximate surface area is 147 Å². The number of carbonyl (C=O) groups excluding carboxylic acids is 1. The smallest absolute Gasteiger partial charge is 0.261 e. The van der Waals surface area contributed by atoms with Crippen LogP contribution in [0.2, 0.25) is 0 Å². The summed E-state index contributed by atoms with van der Waals surface area (Å²) < 4.78 is 19.4. The Kier molecular flexibility index (Phi) is 6.97. The largest absolute Gasteiger partial charge is 0.481 e. The standard InChI is InChI=1S/C20H21FN2O2/c1-2-3-9-19(20(24)23-14-15-7-5-4-6-8-15)25-17-11-10-16(13-22)18(21)12-17/h4-8,10-12,19H,2-3,9,14H2,1H3,(H,23,24). The van der Waals surface area contributed by atoms with Gasteiger partial charge < -0.3 is 10.1 Å². The molecule has 25 heavy (non-hydrogen) atoms. The molecular weight excluding hydrogens is 319 g/mol. The van der Waals surface area contributed by atoms with Crippen LogP contribution in [0.25, 0.3) is 0 Å². The van der Waals surface area contributed by atoms with Gasteiger partial charge in [0.25, 0.3) is 5.91 Å².